The first-order valence-electron chi connectivity index (χ1n) is 7.68. The molecule has 0 aliphatic rings. The number of hydrogen-bond donors (Lipinski definition) is 1. The number of furan rings is 1. The second kappa shape index (κ2) is 8.20. The molecule has 0 fully saturated rings. The number of halogens is 1. The summed E-state index contributed by atoms with van der Waals surface area (Å²) in [6.45, 7) is 6.02. The summed E-state index contributed by atoms with van der Waals surface area (Å²) in [5, 5.41) is 4.37. The zero-order valence-corrected chi connectivity index (χ0v) is 13.8. The highest BCUT2D eigenvalue weighted by atomic mass is 35.5. The summed E-state index contributed by atoms with van der Waals surface area (Å²) in [5.74, 6) is 0.155. The van der Waals surface area contributed by atoms with E-state index in [2.05, 4.69) is 12.2 Å². The number of aryl methyl sites for hydroxylation is 1. The number of carbonyl (C=O) groups is 1. The molecular formula is C17H22ClNO3. The van der Waals surface area contributed by atoms with Crippen LogP contribution in [0.25, 0.3) is 11.0 Å². The maximum absolute atomic E-state index is 12.2. The van der Waals surface area contributed by atoms with Crippen LogP contribution in [0, 0.1) is 6.92 Å². The van der Waals surface area contributed by atoms with Crippen LogP contribution in [-0.4, -0.2) is 25.7 Å². The fourth-order valence-electron chi connectivity index (χ4n) is 2.21. The number of fused-ring (bicyclic) bond motifs is 1. The van der Waals surface area contributed by atoms with Gasteiger partial charge >= 0.3 is 0 Å². The Morgan fingerprint density at radius 1 is 1.32 bits per heavy atom. The average Bonchev–Trinajstić information content (AvgIpc) is 2.83. The Morgan fingerprint density at radius 2 is 2.09 bits per heavy atom. The van der Waals surface area contributed by atoms with Gasteiger partial charge in [-0.1, -0.05) is 24.9 Å². The van der Waals surface area contributed by atoms with Gasteiger partial charge in [-0.3, -0.25) is 4.79 Å². The molecule has 1 aromatic carbocycles. The molecule has 1 amide bonds. The zero-order valence-electron chi connectivity index (χ0n) is 13.1. The third-order valence-electron chi connectivity index (χ3n) is 3.50. The van der Waals surface area contributed by atoms with Crippen LogP contribution in [0.3, 0.4) is 0 Å². The van der Waals surface area contributed by atoms with E-state index in [0.29, 0.717) is 29.5 Å². The average molecular weight is 324 g/mol. The summed E-state index contributed by atoms with van der Waals surface area (Å²) >= 11 is 5.98. The molecule has 1 heterocycles. The fraction of sp³-hybridized carbons (Fsp3) is 0.471. The molecule has 1 N–H and O–H groups in total. The summed E-state index contributed by atoms with van der Waals surface area (Å²) in [5.41, 5.74) is 1.49. The Balaban J connectivity index is 1.86. The normalized spacial score (nSPS) is 11.0. The van der Waals surface area contributed by atoms with Crippen molar-refractivity contribution >= 4 is 28.5 Å². The van der Waals surface area contributed by atoms with E-state index in [1.807, 2.05) is 13.0 Å². The molecule has 0 atom stereocenters. The lowest BCUT2D eigenvalue weighted by Gasteiger charge is -2.05. The van der Waals surface area contributed by atoms with Crippen molar-refractivity contribution in [2.24, 2.45) is 0 Å². The Kier molecular flexibility index (Phi) is 6.28. The third-order valence-corrected chi connectivity index (χ3v) is 3.73. The number of carbonyl (C=O) groups excluding carboxylic acids is 1. The zero-order chi connectivity index (χ0) is 15.9. The first-order chi connectivity index (χ1) is 10.6. The summed E-state index contributed by atoms with van der Waals surface area (Å²) in [4.78, 5) is 12.2. The monoisotopic (exact) mass is 323 g/mol. The van der Waals surface area contributed by atoms with Gasteiger partial charge in [0.2, 0.25) is 0 Å². The SMILES string of the molecule is CCCCOCCCNC(=O)c1oc2ccc(Cl)cc2c1C. The highest BCUT2D eigenvalue weighted by Crippen LogP contribution is 2.27. The summed E-state index contributed by atoms with van der Waals surface area (Å²) in [6, 6.07) is 5.35. The topological polar surface area (TPSA) is 51.5 Å². The van der Waals surface area contributed by atoms with Crippen molar-refractivity contribution in [1.82, 2.24) is 5.32 Å². The van der Waals surface area contributed by atoms with Gasteiger partial charge in [0.1, 0.15) is 5.58 Å². The van der Waals surface area contributed by atoms with Crippen LogP contribution < -0.4 is 5.32 Å². The van der Waals surface area contributed by atoms with Gasteiger partial charge in [0.15, 0.2) is 5.76 Å². The van der Waals surface area contributed by atoms with E-state index in [1.54, 1.807) is 12.1 Å². The molecule has 1 aromatic heterocycles. The number of amides is 1. The molecule has 22 heavy (non-hydrogen) atoms. The van der Waals surface area contributed by atoms with Crippen LogP contribution in [0.2, 0.25) is 5.02 Å². The lowest BCUT2D eigenvalue weighted by atomic mass is 10.1. The number of benzene rings is 1. The first kappa shape index (κ1) is 16.8. The predicted molar refractivity (Wildman–Crippen MR) is 88.6 cm³/mol. The second-order valence-electron chi connectivity index (χ2n) is 5.27. The van der Waals surface area contributed by atoms with Crippen LogP contribution in [0.5, 0.6) is 0 Å². The molecule has 2 aromatic rings. The van der Waals surface area contributed by atoms with Crippen LogP contribution >= 0.6 is 11.6 Å². The van der Waals surface area contributed by atoms with Crippen molar-refractivity contribution < 1.29 is 13.9 Å². The van der Waals surface area contributed by atoms with Gasteiger partial charge in [0, 0.05) is 35.7 Å². The molecule has 0 spiro atoms. The van der Waals surface area contributed by atoms with Crippen molar-refractivity contribution in [3.05, 3.63) is 34.5 Å². The van der Waals surface area contributed by atoms with Gasteiger partial charge in [-0.25, -0.2) is 0 Å². The lowest BCUT2D eigenvalue weighted by molar-refractivity contribution is 0.0914. The minimum Gasteiger partial charge on any atom is -0.451 e. The largest absolute Gasteiger partial charge is 0.451 e. The van der Waals surface area contributed by atoms with E-state index in [1.165, 1.54) is 0 Å². The fourth-order valence-corrected chi connectivity index (χ4v) is 2.39. The predicted octanol–water partition coefficient (Wildman–Crippen LogP) is 4.33. The molecule has 0 aliphatic carbocycles. The number of rotatable bonds is 8. The van der Waals surface area contributed by atoms with E-state index < -0.39 is 0 Å². The molecule has 0 radical (unpaired) electrons. The lowest BCUT2D eigenvalue weighted by Crippen LogP contribution is -2.25. The Morgan fingerprint density at radius 3 is 2.86 bits per heavy atom. The van der Waals surface area contributed by atoms with E-state index >= 15 is 0 Å². The summed E-state index contributed by atoms with van der Waals surface area (Å²) in [6.07, 6.45) is 3.00. The van der Waals surface area contributed by atoms with Gasteiger partial charge in [-0.15, -0.1) is 0 Å². The van der Waals surface area contributed by atoms with E-state index in [4.69, 9.17) is 20.8 Å². The van der Waals surface area contributed by atoms with Gasteiger partial charge in [0.25, 0.3) is 5.91 Å². The summed E-state index contributed by atoms with van der Waals surface area (Å²) < 4.78 is 11.1. The second-order valence-corrected chi connectivity index (χ2v) is 5.71. The Labute approximate surface area is 135 Å². The smallest absolute Gasteiger partial charge is 0.287 e. The molecule has 2 rings (SSSR count). The molecule has 0 saturated heterocycles. The Hall–Kier alpha value is -1.52. The van der Waals surface area contributed by atoms with Gasteiger partial charge in [-0.2, -0.15) is 0 Å². The Bertz CT molecular complexity index is 636. The third kappa shape index (κ3) is 4.24. The molecule has 0 unspecified atom stereocenters. The van der Waals surface area contributed by atoms with Crippen LogP contribution in [-0.2, 0) is 4.74 Å². The van der Waals surface area contributed by atoms with Crippen molar-refractivity contribution in [3.63, 3.8) is 0 Å². The van der Waals surface area contributed by atoms with Crippen molar-refractivity contribution in [3.8, 4) is 0 Å². The van der Waals surface area contributed by atoms with Crippen LogP contribution in [0.4, 0.5) is 0 Å². The van der Waals surface area contributed by atoms with Crippen molar-refractivity contribution in [1.29, 1.82) is 0 Å². The number of ether oxygens (including phenoxy) is 1. The van der Waals surface area contributed by atoms with E-state index in [-0.39, 0.29) is 5.91 Å². The minimum atomic E-state index is -0.196. The number of unbranched alkanes of at least 4 members (excludes halogenated alkanes) is 1. The molecular weight excluding hydrogens is 302 g/mol. The highest BCUT2D eigenvalue weighted by molar-refractivity contribution is 6.31. The first-order valence-corrected chi connectivity index (χ1v) is 8.06. The number of nitrogens with one attached hydrogen (secondary N) is 1. The van der Waals surface area contributed by atoms with Crippen LogP contribution in [0.1, 0.15) is 42.3 Å². The van der Waals surface area contributed by atoms with Crippen molar-refractivity contribution in [2.75, 3.05) is 19.8 Å². The standard InChI is InChI=1S/C17H22ClNO3/c1-3-4-9-21-10-5-8-19-17(20)16-12(2)14-11-13(18)6-7-15(14)22-16/h6-7,11H,3-5,8-10H2,1-2H3,(H,19,20). The van der Waals surface area contributed by atoms with Gasteiger partial charge < -0.3 is 14.5 Å². The van der Waals surface area contributed by atoms with E-state index in [0.717, 1.165) is 36.8 Å². The van der Waals surface area contributed by atoms with Gasteiger partial charge in [0.05, 0.1) is 0 Å². The van der Waals surface area contributed by atoms with Gasteiger partial charge in [-0.05, 0) is 38.0 Å². The maximum atomic E-state index is 12.2. The summed E-state index contributed by atoms with van der Waals surface area (Å²) in [7, 11) is 0. The molecule has 120 valence electrons. The van der Waals surface area contributed by atoms with Crippen molar-refractivity contribution in [2.45, 2.75) is 33.1 Å². The highest BCUT2D eigenvalue weighted by Gasteiger charge is 2.17. The molecule has 0 aliphatic heterocycles. The minimum absolute atomic E-state index is 0.196. The quantitative estimate of drug-likeness (QED) is 0.735. The molecule has 0 saturated carbocycles. The molecule has 5 heteroatoms. The maximum Gasteiger partial charge on any atom is 0.287 e. The molecule has 0 bridgehead atoms. The number of hydrogen-bond acceptors (Lipinski definition) is 3. The van der Waals surface area contributed by atoms with E-state index in [9.17, 15) is 4.79 Å². The van der Waals surface area contributed by atoms with Crippen LogP contribution in [0.15, 0.2) is 22.6 Å². The molecule has 4 nitrogen and oxygen atoms in total.